The summed E-state index contributed by atoms with van der Waals surface area (Å²) in [5.41, 5.74) is 5.55. The zero-order valence-corrected chi connectivity index (χ0v) is 28.5. The maximum absolute atomic E-state index is 13.1. The number of methoxy groups -OCH3 is 1. The third-order valence-electron chi connectivity index (χ3n) is 6.47. The van der Waals surface area contributed by atoms with Crippen LogP contribution in [0.3, 0.4) is 0 Å². The minimum Gasteiger partial charge on any atom is -0.504 e. The van der Waals surface area contributed by atoms with Gasteiger partial charge in [-0.15, -0.1) is 11.3 Å². The number of rotatable bonds is 13. The lowest BCUT2D eigenvalue weighted by molar-refractivity contribution is 0.0627. The fourth-order valence-electron chi connectivity index (χ4n) is 4.13. The van der Waals surface area contributed by atoms with E-state index in [9.17, 15) is 4.79 Å². The molecule has 0 unspecified atom stereocenters. The van der Waals surface area contributed by atoms with Gasteiger partial charge in [0.1, 0.15) is 0 Å². The molecule has 0 saturated carbocycles. The maximum atomic E-state index is 13.1. The van der Waals surface area contributed by atoms with Crippen molar-refractivity contribution in [3.63, 3.8) is 0 Å². The van der Waals surface area contributed by atoms with Crippen molar-refractivity contribution in [2.45, 2.75) is 33.7 Å². The van der Waals surface area contributed by atoms with Crippen LogP contribution in [-0.4, -0.2) is 92.7 Å². The molecule has 1 saturated heterocycles. The van der Waals surface area contributed by atoms with Gasteiger partial charge in [0.25, 0.3) is 5.91 Å². The van der Waals surface area contributed by atoms with Crippen molar-refractivity contribution in [2.24, 2.45) is 9.98 Å². The minimum atomic E-state index is 0.0444. The highest BCUT2D eigenvalue weighted by Crippen LogP contribution is 2.27. The molecule has 1 amide bonds. The highest BCUT2D eigenvalue weighted by Gasteiger charge is 2.23. The number of benzene rings is 1. The van der Waals surface area contributed by atoms with E-state index in [0.29, 0.717) is 24.3 Å². The molecule has 1 aliphatic rings. The molecule has 1 fully saturated rings. The average molecular weight is 635 g/mol. The van der Waals surface area contributed by atoms with E-state index in [1.807, 2.05) is 74.3 Å². The molecule has 1 aromatic carbocycles. The molecular formula is C35H50N6O3S. The SMILES string of the molecule is C=C/C(C)=C\C=C/CCNc1ccc(C(=O)N2CCN(Cc3csc(C)n3)CC2)cc1N=C.CN=C/C=C\C(C)=C\OC.CO. The van der Waals surface area contributed by atoms with Crippen LogP contribution in [0.1, 0.15) is 41.3 Å². The fourth-order valence-corrected chi connectivity index (χ4v) is 4.73. The van der Waals surface area contributed by atoms with E-state index in [-0.39, 0.29) is 5.91 Å². The molecule has 0 bridgehead atoms. The van der Waals surface area contributed by atoms with E-state index < -0.39 is 0 Å². The second kappa shape index (κ2) is 23.3. The molecule has 1 aromatic heterocycles. The summed E-state index contributed by atoms with van der Waals surface area (Å²) in [7, 11) is 4.37. The second-order valence-corrected chi connectivity index (χ2v) is 11.0. The van der Waals surface area contributed by atoms with Crippen molar-refractivity contribution in [3.8, 4) is 0 Å². The van der Waals surface area contributed by atoms with Crippen molar-refractivity contribution in [3.05, 3.63) is 100 Å². The normalized spacial score (nSPS) is 14.2. The van der Waals surface area contributed by atoms with E-state index in [1.54, 1.807) is 38.0 Å². The van der Waals surface area contributed by atoms with E-state index in [4.69, 9.17) is 9.84 Å². The Labute approximate surface area is 273 Å². The number of aryl methyl sites for hydroxylation is 1. The van der Waals surface area contributed by atoms with Gasteiger partial charge in [-0.05, 0) is 63.8 Å². The van der Waals surface area contributed by atoms with Crippen molar-refractivity contribution >= 4 is 41.6 Å². The molecule has 2 aromatic rings. The molecule has 10 heteroatoms. The summed E-state index contributed by atoms with van der Waals surface area (Å²) in [4.78, 5) is 29.8. The first-order valence-electron chi connectivity index (χ1n) is 14.8. The predicted octanol–water partition coefficient (Wildman–Crippen LogP) is 6.63. The molecule has 2 N–H and O–H groups in total. The highest BCUT2D eigenvalue weighted by atomic mass is 32.1. The first-order valence-corrected chi connectivity index (χ1v) is 15.7. The van der Waals surface area contributed by atoms with Crippen LogP contribution in [0.15, 0.2) is 94.0 Å². The largest absolute Gasteiger partial charge is 0.504 e. The van der Waals surface area contributed by atoms with Crippen LogP contribution >= 0.6 is 11.3 Å². The Kier molecular flexibility index (Phi) is 20.1. The van der Waals surface area contributed by atoms with E-state index in [2.05, 4.69) is 49.9 Å². The summed E-state index contributed by atoms with van der Waals surface area (Å²) in [6.45, 7) is 18.2. The molecule has 2 heterocycles. The van der Waals surface area contributed by atoms with Gasteiger partial charge in [-0.3, -0.25) is 19.7 Å². The van der Waals surface area contributed by atoms with Crippen molar-refractivity contribution in [1.82, 2.24) is 14.8 Å². The van der Waals surface area contributed by atoms with Gasteiger partial charge in [-0.2, -0.15) is 0 Å². The zero-order chi connectivity index (χ0) is 33.5. The van der Waals surface area contributed by atoms with E-state index in [1.165, 1.54) is 0 Å². The molecule has 3 rings (SSSR count). The second-order valence-electron chi connectivity index (χ2n) is 9.94. The smallest absolute Gasteiger partial charge is 0.254 e. The van der Waals surface area contributed by atoms with Crippen molar-refractivity contribution in [2.75, 3.05) is 59.3 Å². The van der Waals surface area contributed by atoms with Gasteiger partial charge >= 0.3 is 0 Å². The van der Waals surface area contributed by atoms with Crippen molar-refractivity contribution < 1.29 is 14.6 Å². The number of ether oxygens (including phenoxy) is 1. The lowest BCUT2D eigenvalue weighted by Crippen LogP contribution is -2.48. The number of hydrogen-bond acceptors (Lipinski definition) is 9. The van der Waals surface area contributed by atoms with Crippen LogP contribution in [0.5, 0.6) is 0 Å². The monoisotopic (exact) mass is 634 g/mol. The number of allylic oxidation sites excluding steroid dienone is 7. The van der Waals surface area contributed by atoms with Crippen LogP contribution in [0.2, 0.25) is 0 Å². The van der Waals surface area contributed by atoms with Gasteiger partial charge < -0.3 is 20.1 Å². The van der Waals surface area contributed by atoms with Gasteiger partial charge in [0.2, 0.25) is 0 Å². The predicted molar refractivity (Wildman–Crippen MR) is 192 cm³/mol. The topological polar surface area (TPSA) is 103 Å². The maximum Gasteiger partial charge on any atom is 0.254 e. The summed E-state index contributed by atoms with van der Waals surface area (Å²) < 4.78 is 4.78. The van der Waals surface area contributed by atoms with E-state index in [0.717, 1.165) is 67.2 Å². The number of anilines is 1. The third kappa shape index (κ3) is 15.4. The molecule has 0 aliphatic carbocycles. The molecule has 0 radical (unpaired) electrons. The van der Waals surface area contributed by atoms with Crippen LogP contribution in [0.4, 0.5) is 11.4 Å². The van der Waals surface area contributed by atoms with Crippen LogP contribution in [0.25, 0.3) is 0 Å². The number of aromatic nitrogens is 1. The molecule has 45 heavy (non-hydrogen) atoms. The van der Waals surface area contributed by atoms with Gasteiger partial charge in [-0.1, -0.05) is 42.5 Å². The summed E-state index contributed by atoms with van der Waals surface area (Å²) in [6, 6.07) is 5.62. The Balaban J connectivity index is 0.000000719. The average Bonchev–Trinajstić information content (AvgIpc) is 3.48. The summed E-state index contributed by atoms with van der Waals surface area (Å²) in [5, 5.41) is 13.6. The van der Waals surface area contributed by atoms with Gasteiger partial charge in [0.15, 0.2) is 0 Å². The number of thiazole rings is 1. The number of nitrogens with zero attached hydrogens (tertiary/aromatic N) is 5. The van der Waals surface area contributed by atoms with Crippen LogP contribution in [-0.2, 0) is 11.3 Å². The lowest BCUT2D eigenvalue weighted by Gasteiger charge is -2.34. The third-order valence-corrected chi connectivity index (χ3v) is 7.29. The molecule has 244 valence electrons. The van der Waals surface area contributed by atoms with Gasteiger partial charge in [0, 0.05) is 70.6 Å². The quantitative estimate of drug-likeness (QED) is 0.111. The summed E-state index contributed by atoms with van der Waals surface area (Å²) in [5.74, 6) is 0.0444. The number of carbonyl (C=O) groups is 1. The molecule has 0 spiro atoms. The molecular weight excluding hydrogens is 584 g/mol. The molecule has 9 nitrogen and oxygen atoms in total. The van der Waals surface area contributed by atoms with E-state index >= 15 is 0 Å². The van der Waals surface area contributed by atoms with Crippen LogP contribution < -0.4 is 5.32 Å². The number of aliphatic hydroxyl groups is 1. The first kappa shape index (κ1) is 38.9. The van der Waals surface area contributed by atoms with Crippen molar-refractivity contribution in [1.29, 1.82) is 0 Å². The Morgan fingerprint density at radius 1 is 1.18 bits per heavy atom. The number of hydrogen-bond donors (Lipinski definition) is 2. The van der Waals surface area contributed by atoms with Gasteiger partial charge in [-0.25, -0.2) is 4.98 Å². The number of amides is 1. The number of nitrogens with one attached hydrogen (secondary N) is 1. The zero-order valence-electron chi connectivity index (χ0n) is 27.7. The Bertz CT molecular complexity index is 1330. The standard InChI is InChI=1S/C26H33N5OS.C8H13NO.CH4O/c1-5-20(2)9-7-6-8-12-28-24-11-10-22(17-25(24)27-4)26(32)31-15-13-30(14-16-31)18-23-19-33-21(3)29-23;1-8(7-10-3)5-4-6-9-2;1-2/h5-7,9-11,17,19,28H,1,4,8,12-16,18H2,2-3H3;4-7H,1-3H3;2H,1H3/b7-6-,20-9-;5-4-,8-7+,9-6?;. The number of carbonyl (C=O) groups excluding carboxylic acids is 1. The first-order chi connectivity index (χ1) is 21.8. The van der Waals surface area contributed by atoms with Gasteiger partial charge in [0.05, 0.1) is 35.4 Å². The molecule has 0 atom stereocenters. The number of aliphatic imine (C=N–C) groups is 2. The Morgan fingerprint density at radius 2 is 1.91 bits per heavy atom. The van der Waals surface area contributed by atoms with Crippen LogP contribution in [0, 0.1) is 6.92 Å². The number of aliphatic hydroxyl groups excluding tert-OH is 1. The minimum absolute atomic E-state index is 0.0444. The fraction of sp³-hybridized carbons (Fsp3) is 0.371. The lowest BCUT2D eigenvalue weighted by atomic mass is 10.1. The molecule has 1 aliphatic heterocycles. The summed E-state index contributed by atoms with van der Waals surface area (Å²) in [6.07, 6.45) is 16.1. The number of piperazine rings is 1. The highest BCUT2D eigenvalue weighted by molar-refractivity contribution is 7.09. The Hall–Kier alpha value is -4.12. The Morgan fingerprint density at radius 3 is 2.51 bits per heavy atom. The summed E-state index contributed by atoms with van der Waals surface area (Å²) >= 11 is 1.68.